The van der Waals surface area contributed by atoms with Crippen molar-refractivity contribution in [1.29, 1.82) is 0 Å². The average Bonchev–Trinajstić information content (AvgIpc) is 3.02. The third-order valence-corrected chi connectivity index (χ3v) is 7.22. The first-order chi connectivity index (χ1) is 20.0. The lowest BCUT2D eigenvalue weighted by Gasteiger charge is -2.38. The van der Waals surface area contributed by atoms with Crippen LogP contribution in [0.4, 0.5) is 0 Å². The van der Waals surface area contributed by atoms with Crippen LogP contribution in [0.15, 0.2) is 77.6 Å². The summed E-state index contributed by atoms with van der Waals surface area (Å²) >= 11 is 5.92. The SMILES string of the molecule is CC.CCOc1ccccc1-n1c(C(C)N2CCN(C(=O)COc3ccc(Cl)cc3)CC2)nc2ccccc2c1=O. The van der Waals surface area contributed by atoms with E-state index in [1.54, 1.807) is 34.9 Å². The van der Waals surface area contributed by atoms with E-state index in [1.165, 1.54) is 0 Å². The van der Waals surface area contributed by atoms with Gasteiger partial charge < -0.3 is 14.4 Å². The van der Waals surface area contributed by atoms with Gasteiger partial charge in [-0.05, 0) is 62.4 Å². The van der Waals surface area contributed by atoms with Gasteiger partial charge in [0, 0.05) is 31.2 Å². The molecule has 41 heavy (non-hydrogen) atoms. The molecule has 2 heterocycles. The van der Waals surface area contributed by atoms with Gasteiger partial charge in [0.1, 0.15) is 17.3 Å². The Morgan fingerprint density at radius 2 is 1.59 bits per heavy atom. The number of hydrogen-bond acceptors (Lipinski definition) is 6. The summed E-state index contributed by atoms with van der Waals surface area (Å²) in [5.41, 5.74) is 1.18. The number of carbonyl (C=O) groups is 1. The summed E-state index contributed by atoms with van der Waals surface area (Å²) in [6.07, 6.45) is 0. The normalized spacial score (nSPS) is 14.2. The Morgan fingerprint density at radius 3 is 2.29 bits per heavy atom. The highest BCUT2D eigenvalue weighted by molar-refractivity contribution is 6.30. The molecule has 1 unspecified atom stereocenters. The summed E-state index contributed by atoms with van der Waals surface area (Å²) in [5, 5.41) is 1.17. The van der Waals surface area contributed by atoms with Crippen LogP contribution < -0.4 is 15.0 Å². The predicted molar refractivity (Wildman–Crippen MR) is 163 cm³/mol. The van der Waals surface area contributed by atoms with Crippen molar-refractivity contribution in [1.82, 2.24) is 19.4 Å². The van der Waals surface area contributed by atoms with Gasteiger partial charge in [-0.25, -0.2) is 4.98 Å². The zero-order chi connectivity index (χ0) is 29.4. The van der Waals surface area contributed by atoms with Gasteiger partial charge in [-0.15, -0.1) is 0 Å². The predicted octanol–water partition coefficient (Wildman–Crippen LogP) is 5.75. The highest BCUT2D eigenvalue weighted by Gasteiger charge is 2.29. The van der Waals surface area contributed by atoms with Gasteiger partial charge >= 0.3 is 0 Å². The van der Waals surface area contributed by atoms with Crippen molar-refractivity contribution < 1.29 is 14.3 Å². The van der Waals surface area contributed by atoms with Crippen LogP contribution in [-0.4, -0.2) is 64.7 Å². The quantitative estimate of drug-likeness (QED) is 0.266. The number of benzene rings is 3. The minimum absolute atomic E-state index is 0.0306. The zero-order valence-corrected chi connectivity index (χ0v) is 24.8. The molecule has 0 N–H and O–H groups in total. The molecule has 1 fully saturated rings. The summed E-state index contributed by atoms with van der Waals surface area (Å²) in [6, 6.07) is 21.7. The van der Waals surface area contributed by atoms with Crippen molar-refractivity contribution >= 4 is 28.4 Å². The fourth-order valence-electron chi connectivity index (χ4n) is 4.87. The molecule has 1 atom stereocenters. The largest absolute Gasteiger partial charge is 0.492 e. The lowest BCUT2D eigenvalue weighted by Crippen LogP contribution is -2.51. The zero-order valence-electron chi connectivity index (χ0n) is 24.0. The lowest BCUT2D eigenvalue weighted by atomic mass is 10.1. The molecule has 0 saturated carbocycles. The maximum absolute atomic E-state index is 13.8. The Bertz CT molecular complexity index is 1510. The number of ether oxygens (including phenoxy) is 2. The number of piperazine rings is 1. The van der Waals surface area contributed by atoms with E-state index < -0.39 is 0 Å². The van der Waals surface area contributed by atoms with Crippen molar-refractivity contribution in [3.8, 4) is 17.2 Å². The molecule has 1 aliphatic rings. The van der Waals surface area contributed by atoms with E-state index in [4.69, 9.17) is 26.1 Å². The van der Waals surface area contributed by atoms with E-state index in [1.807, 2.05) is 68.1 Å². The number of amides is 1. The Labute approximate surface area is 246 Å². The molecular formula is C32H37ClN4O4. The fraction of sp³-hybridized carbons (Fsp3) is 0.344. The number of carbonyl (C=O) groups excluding carboxylic acids is 1. The molecule has 1 aliphatic heterocycles. The first kappa shape index (κ1) is 30.1. The maximum atomic E-state index is 13.8. The summed E-state index contributed by atoms with van der Waals surface area (Å²) in [4.78, 5) is 35.6. The number of hydrogen-bond donors (Lipinski definition) is 0. The fourth-order valence-corrected chi connectivity index (χ4v) is 5.00. The van der Waals surface area contributed by atoms with Crippen LogP contribution in [0.2, 0.25) is 5.02 Å². The van der Waals surface area contributed by atoms with E-state index in [2.05, 4.69) is 11.8 Å². The molecule has 216 valence electrons. The molecule has 0 radical (unpaired) electrons. The van der Waals surface area contributed by atoms with Crippen LogP contribution >= 0.6 is 11.6 Å². The second-order valence-electron chi connectivity index (χ2n) is 9.36. The summed E-state index contributed by atoms with van der Waals surface area (Å²) in [6.45, 7) is 10.8. The van der Waals surface area contributed by atoms with E-state index in [0.717, 1.165) is 0 Å². The molecule has 0 bridgehead atoms. The second-order valence-corrected chi connectivity index (χ2v) is 9.80. The number of fused-ring (bicyclic) bond motifs is 1. The molecule has 0 spiro atoms. The minimum atomic E-state index is -0.181. The van der Waals surface area contributed by atoms with Gasteiger partial charge in [0.15, 0.2) is 6.61 Å². The van der Waals surface area contributed by atoms with Crippen molar-refractivity contribution in [2.24, 2.45) is 0 Å². The smallest absolute Gasteiger partial charge is 0.266 e. The highest BCUT2D eigenvalue weighted by Crippen LogP contribution is 2.28. The Morgan fingerprint density at radius 1 is 0.927 bits per heavy atom. The van der Waals surface area contributed by atoms with Gasteiger partial charge in [0.05, 0.1) is 29.2 Å². The van der Waals surface area contributed by atoms with Crippen molar-refractivity contribution in [2.75, 3.05) is 39.4 Å². The number of aromatic nitrogens is 2. The highest BCUT2D eigenvalue weighted by atomic mass is 35.5. The van der Waals surface area contributed by atoms with Crippen LogP contribution in [0.25, 0.3) is 16.6 Å². The third-order valence-electron chi connectivity index (χ3n) is 6.97. The first-order valence-corrected chi connectivity index (χ1v) is 14.5. The molecule has 1 amide bonds. The van der Waals surface area contributed by atoms with E-state index in [-0.39, 0.29) is 24.1 Å². The summed E-state index contributed by atoms with van der Waals surface area (Å²) in [5.74, 6) is 1.80. The first-order valence-electron chi connectivity index (χ1n) is 14.1. The number of rotatable bonds is 8. The Hall–Kier alpha value is -3.88. The summed E-state index contributed by atoms with van der Waals surface area (Å²) < 4.78 is 13.2. The number of halogens is 1. The van der Waals surface area contributed by atoms with Gasteiger partial charge in [0.2, 0.25) is 0 Å². The molecule has 9 heteroatoms. The molecule has 5 rings (SSSR count). The molecular weight excluding hydrogens is 540 g/mol. The average molecular weight is 577 g/mol. The molecule has 8 nitrogen and oxygen atoms in total. The van der Waals surface area contributed by atoms with Crippen LogP contribution in [0.5, 0.6) is 11.5 Å². The Balaban J connectivity index is 0.00000189. The maximum Gasteiger partial charge on any atom is 0.266 e. The van der Waals surface area contributed by atoms with Crippen molar-refractivity contribution in [3.63, 3.8) is 0 Å². The minimum Gasteiger partial charge on any atom is -0.492 e. The second kappa shape index (κ2) is 14.1. The number of para-hydroxylation sites is 3. The van der Waals surface area contributed by atoms with Gasteiger partial charge in [0.25, 0.3) is 11.5 Å². The molecule has 3 aromatic carbocycles. The summed E-state index contributed by atoms with van der Waals surface area (Å²) in [7, 11) is 0. The van der Waals surface area contributed by atoms with Crippen LogP contribution in [0.1, 0.15) is 39.6 Å². The van der Waals surface area contributed by atoms with Crippen LogP contribution in [0.3, 0.4) is 0 Å². The van der Waals surface area contributed by atoms with Crippen LogP contribution in [-0.2, 0) is 4.79 Å². The standard InChI is InChI=1S/C30H31ClN4O4.C2H6/c1-3-38-27-11-7-6-10-26(27)35-29(32-25-9-5-4-8-24(25)30(35)37)21(2)33-16-18-34(19-17-33)28(36)20-39-23-14-12-22(31)13-15-23;1-2/h4-15,21H,3,16-20H2,1-2H3;1-2H3. The van der Waals surface area contributed by atoms with E-state index >= 15 is 0 Å². The molecule has 4 aromatic rings. The number of nitrogens with zero attached hydrogens (tertiary/aromatic N) is 4. The van der Waals surface area contributed by atoms with Gasteiger partial charge in [-0.3, -0.25) is 19.1 Å². The molecule has 1 saturated heterocycles. The van der Waals surface area contributed by atoms with Crippen molar-refractivity contribution in [3.05, 3.63) is 94.0 Å². The monoisotopic (exact) mass is 576 g/mol. The van der Waals surface area contributed by atoms with E-state index in [9.17, 15) is 9.59 Å². The topological polar surface area (TPSA) is 76.9 Å². The van der Waals surface area contributed by atoms with Gasteiger partial charge in [-0.2, -0.15) is 0 Å². The van der Waals surface area contributed by atoms with Crippen molar-refractivity contribution in [2.45, 2.75) is 33.7 Å². The molecule has 1 aromatic heterocycles. The van der Waals surface area contributed by atoms with Crippen LogP contribution in [0, 0.1) is 0 Å². The molecule has 0 aliphatic carbocycles. The Kier molecular flexibility index (Phi) is 10.4. The lowest BCUT2D eigenvalue weighted by molar-refractivity contribution is -0.135. The van der Waals surface area contributed by atoms with E-state index in [0.29, 0.717) is 71.7 Å². The van der Waals surface area contributed by atoms with Gasteiger partial charge in [-0.1, -0.05) is 49.7 Å². The third kappa shape index (κ3) is 6.89.